The number of amides is 2. The number of aromatic amines is 1. The smallest absolute Gasteiger partial charge is 0.253 e. The quantitative estimate of drug-likeness (QED) is 0.466. The second-order valence-electron chi connectivity index (χ2n) is 8.99. The summed E-state index contributed by atoms with van der Waals surface area (Å²) in [6.07, 6.45) is 6.76. The summed E-state index contributed by atoms with van der Waals surface area (Å²) in [4.78, 5) is 32.7. The van der Waals surface area contributed by atoms with Crippen LogP contribution in [0.4, 0.5) is 0 Å². The van der Waals surface area contributed by atoms with E-state index in [0.29, 0.717) is 31.6 Å². The minimum Gasteiger partial charge on any atom is -0.354 e. The van der Waals surface area contributed by atoms with Crippen molar-refractivity contribution in [3.63, 3.8) is 0 Å². The second kappa shape index (κ2) is 9.58. The van der Waals surface area contributed by atoms with Gasteiger partial charge in [-0.3, -0.25) is 14.3 Å². The molecule has 2 amide bonds. The van der Waals surface area contributed by atoms with Gasteiger partial charge >= 0.3 is 0 Å². The third-order valence-corrected chi connectivity index (χ3v) is 6.34. The second-order valence-corrected chi connectivity index (χ2v) is 8.99. The van der Waals surface area contributed by atoms with Crippen molar-refractivity contribution in [1.29, 1.82) is 0 Å². The Balaban J connectivity index is 1.45. The number of hydrogen-bond acceptors (Lipinski definition) is 4. The third-order valence-electron chi connectivity index (χ3n) is 6.34. The van der Waals surface area contributed by atoms with Crippen molar-refractivity contribution in [3.8, 4) is 11.1 Å². The number of aryl methyl sites for hydroxylation is 1. The Morgan fingerprint density at radius 3 is 2.69 bits per heavy atom. The van der Waals surface area contributed by atoms with E-state index in [9.17, 15) is 9.59 Å². The standard InChI is InChI=1S/C27H28N6O2/c1-31(2)27(35)22-15-21-17-24(29-26(21)23(16-22)19-7-4-3-5-8-19)20-9-6-12-32(18-20)25(34)10-13-33-14-11-28-30-33/h3-5,7-9,11,14-17,29H,6,10,12-13,18H2,1-2H3. The lowest BCUT2D eigenvalue weighted by Gasteiger charge is -2.27. The Kier molecular flexibility index (Phi) is 6.18. The van der Waals surface area contributed by atoms with Crippen LogP contribution < -0.4 is 0 Å². The summed E-state index contributed by atoms with van der Waals surface area (Å²) < 4.78 is 1.67. The maximum absolute atomic E-state index is 12.8. The van der Waals surface area contributed by atoms with Crippen molar-refractivity contribution in [3.05, 3.63) is 78.3 Å². The molecule has 4 aromatic rings. The normalized spacial score (nSPS) is 13.7. The Morgan fingerprint density at radius 1 is 1.11 bits per heavy atom. The average Bonchev–Trinajstić information content (AvgIpc) is 3.57. The van der Waals surface area contributed by atoms with Crippen LogP contribution in [0.5, 0.6) is 0 Å². The number of fused-ring (bicyclic) bond motifs is 1. The van der Waals surface area contributed by atoms with E-state index in [4.69, 9.17) is 0 Å². The zero-order valence-electron chi connectivity index (χ0n) is 19.9. The first-order valence-corrected chi connectivity index (χ1v) is 11.7. The van der Waals surface area contributed by atoms with E-state index < -0.39 is 0 Å². The van der Waals surface area contributed by atoms with Gasteiger partial charge in [0.2, 0.25) is 5.91 Å². The van der Waals surface area contributed by atoms with Crippen LogP contribution in [0.15, 0.2) is 67.0 Å². The van der Waals surface area contributed by atoms with Gasteiger partial charge in [-0.25, -0.2) is 0 Å². The SMILES string of the molecule is CN(C)C(=O)c1cc(-c2ccccc2)c2[nH]c(C3=CCCN(C(=O)CCn4ccnn4)C3)cc2c1. The molecule has 35 heavy (non-hydrogen) atoms. The molecule has 178 valence electrons. The van der Waals surface area contributed by atoms with E-state index >= 15 is 0 Å². The van der Waals surface area contributed by atoms with E-state index in [2.05, 4.69) is 39.6 Å². The number of nitrogens with zero attached hydrogens (tertiary/aromatic N) is 5. The summed E-state index contributed by atoms with van der Waals surface area (Å²) in [6.45, 7) is 1.77. The fourth-order valence-corrected chi connectivity index (χ4v) is 4.52. The number of hydrogen-bond donors (Lipinski definition) is 1. The Bertz CT molecular complexity index is 1390. The molecule has 2 aromatic heterocycles. The number of carbonyl (C=O) groups is 2. The van der Waals surface area contributed by atoms with Crippen molar-refractivity contribution in [2.24, 2.45) is 0 Å². The van der Waals surface area contributed by atoms with E-state index in [0.717, 1.165) is 39.7 Å². The molecule has 1 aliphatic heterocycles. The summed E-state index contributed by atoms with van der Waals surface area (Å²) in [5.41, 5.74) is 5.71. The highest BCUT2D eigenvalue weighted by Crippen LogP contribution is 2.33. The van der Waals surface area contributed by atoms with Crippen LogP contribution in [0.3, 0.4) is 0 Å². The van der Waals surface area contributed by atoms with Gasteiger partial charge in [-0.2, -0.15) is 0 Å². The lowest BCUT2D eigenvalue weighted by Crippen LogP contribution is -2.36. The zero-order chi connectivity index (χ0) is 24.4. The molecule has 2 aromatic carbocycles. The summed E-state index contributed by atoms with van der Waals surface area (Å²) in [5.74, 6) is 0.0684. The minimum absolute atomic E-state index is 0.0344. The molecule has 5 rings (SSSR count). The minimum atomic E-state index is -0.0344. The van der Waals surface area contributed by atoms with E-state index in [1.807, 2.05) is 35.2 Å². The Hall–Kier alpha value is -4.20. The first-order chi connectivity index (χ1) is 17.0. The molecule has 3 heterocycles. The van der Waals surface area contributed by atoms with Gasteiger partial charge in [0.15, 0.2) is 0 Å². The van der Waals surface area contributed by atoms with Crippen molar-refractivity contribution < 1.29 is 9.59 Å². The molecule has 0 unspecified atom stereocenters. The van der Waals surface area contributed by atoms with Gasteiger partial charge in [0.05, 0.1) is 18.3 Å². The summed E-state index contributed by atoms with van der Waals surface area (Å²) >= 11 is 0. The topological polar surface area (TPSA) is 87.1 Å². The zero-order valence-corrected chi connectivity index (χ0v) is 19.9. The molecule has 0 saturated heterocycles. The van der Waals surface area contributed by atoms with Crippen LogP contribution in [0, 0.1) is 0 Å². The number of carbonyl (C=O) groups excluding carboxylic acids is 2. The molecule has 0 radical (unpaired) electrons. The van der Waals surface area contributed by atoms with Crippen LogP contribution in [-0.4, -0.2) is 68.8 Å². The van der Waals surface area contributed by atoms with Crippen LogP contribution in [0.1, 0.15) is 28.9 Å². The molecule has 8 nitrogen and oxygen atoms in total. The first kappa shape index (κ1) is 22.6. The monoisotopic (exact) mass is 468 g/mol. The van der Waals surface area contributed by atoms with Gasteiger partial charge in [-0.05, 0) is 35.8 Å². The van der Waals surface area contributed by atoms with E-state index in [-0.39, 0.29) is 11.8 Å². The molecule has 0 spiro atoms. The highest BCUT2D eigenvalue weighted by atomic mass is 16.2. The average molecular weight is 469 g/mol. The van der Waals surface area contributed by atoms with Crippen LogP contribution in [0.2, 0.25) is 0 Å². The van der Waals surface area contributed by atoms with Crippen LogP contribution in [0.25, 0.3) is 27.6 Å². The number of benzene rings is 2. The summed E-state index contributed by atoms with van der Waals surface area (Å²) in [7, 11) is 3.52. The maximum atomic E-state index is 12.8. The van der Waals surface area contributed by atoms with Gasteiger partial charge in [-0.15, -0.1) is 5.10 Å². The fraction of sp³-hybridized carbons (Fsp3) is 0.259. The van der Waals surface area contributed by atoms with E-state index in [1.54, 1.807) is 36.1 Å². The molecule has 0 fully saturated rings. The maximum Gasteiger partial charge on any atom is 0.253 e. The predicted molar refractivity (Wildman–Crippen MR) is 136 cm³/mol. The highest BCUT2D eigenvalue weighted by Gasteiger charge is 2.21. The molecule has 0 aliphatic carbocycles. The number of nitrogens with one attached hydrogen (secondary N) is 1. The van der Waals surface area contributed by atoms with Crippen molar-refractivity contribution in [2.75, 3.05) is 27.2 Å². The highest BCUT2D eigenvalue weighted by molar-refractivity contribution is 6.04. The van der Waals surface area contributed by atoms with Crippen LogP contribution >= 0.6 is 0 Å². The van der Waals surface area contributed by atoms with Crippen LogP contribution in [-0.2, 0) is 11.3 Å². The molecule has 0 bridgehead atoms. The first-order valence-electron chi connectivity index (χ1n) is 11.7. The van der Waals surface area contributed by atoms with Crippen molar-refractivity contribution in [2.45, 2.75) is 19.4 Å². The molecule has 1 N–H and O–H groups in total. The number of aromatic nitrogens is 4. The lowest BCUT2D eigenvalue weighted by atomic mass is 9.99. The predicted octanol–water partition coefficient (Wildman–Crippen LogP) is 3.83. The number of rotatable bonds is 6. The Morgan fingerprint density at radius 2 is 1.94 bits per heavy atom. The van der Waals surface area contributed by atoms with Gasteiger partial charge in [0.25, 0.3) is 5.91 Å². The molecule has 0 atom stereocenters. The lowest BCUT2D eigenvalue weighted by molar-refractivity contribution is -0.131. The fourth-order valence-electron chi connectivity index (χ4n) is 4.52. The summed E-state index contributed by atoms with van der Waals surface area (Å²) in [5, 5.41) is 8.70. The molecule has 8 heteroatoms. The largest absolute Gasteiger partial charge is 0.354 e. The molecule has 0 saturated carbocycles. The van der Waals surface area contributed by atoms with Crippen molar-refractivity contribution in [1.82, 2.24) is 29.8 Å². The van der Waals surface area contributed by atoms with Gasteiger partial charge in [0.1, 0.15) is 0 Å². The van der Waals surface area contributed by atoms with Gasteiger partial charge in [-0.1, -0.05) is 41.6 Å². The van der Waals surface area contributed by atoms with E-state index in [1.165, 1.54) is 0 Å². The van der Waals surface area contributed by atoms with Gasteiger partial charge < -0.3 is 14.8 Å². The molecule has 1 aliphatic rings. The third kappa shape index (κ3) is 4.73. The molecular formula is C27H28N6O2. The Labute approximate surface area is 203 Å². The molecular weight excluding hydrogens is 440 g/mol. The number of H-pyrrole nitrogens is 1. The summed E-state index contributed by atoms with van der Waals surface area (Å²) in [6, 6.07) is 16.1. The van der Waals surface area contributed by atoms with Crippen molar-refractivity contribution >= 4 is 28.3 Å². The van der Waals surface area contributed by atoms with Gasteiger partial charge in [0, 0.05) is 62.0 Å².